The molecule has 146 valence electrons. The maximum absolute atomic E-state index is 14.0. The Kier molecular flexibility index (Phi) is 5.48. The fourth-order valence-electron chi connectivity index (χ4n) is 2.68. The van der Waals surface area contributed by atoms with Crippen LogP contribution in [-0.4, -0.2) is 17.4 Å². The number of hydrogen-bond donors (Lipinski definition) is 1. The van der Waals surface area contributed by atoms with Gasteiger partial charge in [-0.05, 0) is 31.2 Å². The Morgan fingerprint density at radius 2 is 1.82 bits per heavy atom. The van der Waals surface area contributed by atoms with E-state index in [-0.39, 0.29) is 13.0 Å². The van der Waals surface area contributed by atoms with Crippen LogP contribution in [0, 0.1) is 12.7 Å². The van der Waals surface area contributed by atoms with Crippen LogP contribution in [0.15, 0.2) is 52.9 Å². The first-order valence-electron chi connectivity index (χ1n) is 8.43. The van der Waals surface area contributed by atoms with Gasteiger partial charge in [0, 0.05) is 18.5 Å². The molecule has 2 aromatic carbocycles. The number of amides is 1. The number of benzene rings is 2. The van der Waals surface area contributed by atoms with Gasteiger partial charge in [-0.15, -0.1) is 0 Å². The maximum Gasteiger partial charge on any atom is 0.419 e. The van der Waals surface area contributed by atoms with E-state index in [4.69, 9.17) is 4.42 Å². The zero-order valence-corrected chi connectivity index (χ0v) is 14.8. The summed E-state index contributed by atoms with van der Waals surface area (Å²) in [5, 5.41) is 2.42. The number of halogens is 4. The van der Waals surface area contributed by atoms with Crippen molar-refractivity contribution in [1.82, 2.24) is 10.3 Å². The summed E-state index contributed by atoms with van der Waals surface area (Å²) in [4.78, 5) is 16.5. The third kappa shape index (κ3) is 4.21. The summed E-state index contributed by atoms with van der Waals surface area (Å²) in [7, 11) is 0. The second-order valence-electron chi connectivity index (χ2n) is 6.06. The molecule has 1 amide bonds. The fourth-order valence-corrected chi connectivity index (χ4v) is 2.68. The predicted octanol–water partition coefficient (Wildman–Crippen LogP) is 4.78. The van der Waals surface area contributed by atoms with Gasteiger partial charge in [0.25, 0.3) is 5.91 Å². The molecule has 0 aliphatic carbocycles. The van der Waals surface area contributed by atoms with Gasteiger partial charge in [-0.25, -0.2) is 9.37 Å². The number of aromatic nitrogens is 1. The summed E-state index contributed by atoms with van der Waals surface area (Å²) in [6.45, 7) is 1.79. The second-order valence-corrected chi connectivity index (χ2v) is 6.06. The quantitative estimate of drug-likeness (QED) is 0.636. The minimum absolute atomic E-state index is 0.0656. The number of carbonyl (C=O) groups is 1. The van der Waals surface area contributed by atoms with E-state index in [2.05, 4.69) is 10.3 Å². The topological polar surface area (TPSA) is 55.1 Å². The smallest absolute Gasteiger partial charge is 0.419 e. The van der Waals surface area contributed by atoms with Crippen LogP contribution in [0.5, 0.6) is 0 Å². The van der Waals surface area contributed by atoms with Gasteiger partial charge in [0.15, 0.2) is 0 Å². The lowest BCUT2D eigenvalue weighted by Gasteiger charge is -2.11. The van der Waals surface area contributed by atoms with Gasteiger partial charge in [-0.3, -0.25) is 4.79 Å². The summed E-state index contributed by atoms with van der Waals surface area (Å²) < 4.78 is 57.9. The van der Waals surface area contributed by atoms with Crippen LogP contribution >= 0.6 is 0 Å². The van der Waals surface area contributed by atoms with Crippen LogP contribution in [0.4, 0.5) is 17.6 Å². The Bertz CT molecular complexity index is 982. The number of nitrogens with one attached hydrogen (secondary N) is 1. The van der Waals surface area contributed by atoms with Crippen molar-refractivity contribution in [3.63, 3.8) is 0 Å². The molecule has 0 fully saturated rings. The molecule has 0 unspecified atom stereocenters. The minimum atomic E-state index is -4.87. The highest BCUT2D eigenvalue weighted by Gasteiger charge is 2.35. The summed E-state index contributed by atoms with van der Waals surface area (Å²) in [5.74, 6) is -1.51. The average Bonchev–Trinajstić information content (AvgIpc) is 3.02. The van der Waals surface area contributed by atoms with Gasteiger partial charge in [0.1, 0.15) is 11.6 Å². The van der Waals surface area contributed by atoms with Crippen LogP contribution < -0.4 is 5.32 Å². The SMILES string of the molecule is Cc1oc(-c2ccccc2)nc1CCNC(=O)c1cccc(C(F)(F)F)c1F. The lowest BCUT2D eigenvalue weighted by Crippen LogP contribution is -2.27. The summed E-state index contributed by atoms with van der Waals surface area (Å²) in [6.07, 6.45) is -4.58. The first kappa shape index (κ1) is 19.6. The molecular formula is C20H16F4N2O2. The summed E-state index contributed by atoms with van der Waals surface area (Å²) in [6, 6.07) is 11.8. The highest BCUT2D eigenvalue weighted by molar-refractivity contribution is 5.94. The Hall–Kier alpha value is -3.16. The standard InChI is InChI=1S/C20H16F4N2O2/c1-12-16(26-19(28-12)13-6-3-2-4-7-13)10-11-25-18(27)14-8-5-9-15(17(14)21)20(22,23)24/h2-9H,10-11H2,1H3,(H,25,27). The fraction of sp³-hybridized carbons (Fsp3) is 0.200. The van der Waals surface area contributed by atoms with Crippen LogP contribution in [0.3, 0.4) is 0 Å². The largest absolute Gasteiger partial charge is 0.441 e. The number of aryl methyl sites for hydroxylation is 1. The molecule has 3 rings (SSSR count). The second kappa shape index (κ2) is 7.84. The molecule has 0 aliphatic rings. The Labute approximate surface area is 158 Å². The van der Waals surface area contributed by atoms with E-state index >= 15 is 0 Å². The van der Waals surface area contributed by atoms with Crippen molar-refractivity contribution in [2.45, 2.75) is 19.5 Å². The van der Waals surface area contributed by atoms with E-state index in [9.17, 15) is 22.4 Å². The van der Waals surface area contributed by atoms with E-state index in [0.29, 0.717) is 23.4 Å². The van der Waals surface area contributed by atoms with Crippen molar-refractivity contribution in [2.24, 2.45) is 0 Å². The Balaban J connectivity index is 1.66. The molecule has 0 bridgehead atoms. The first-order chi connectivity index (χ1) is 13.3. The molecule has 0 atom stereocenters. The summed E-state index contributed by atoms with van der Waals surface area (Å²) >= 11 is 0. The minimum Gasteiger partial charge on any atom is -0.441 e. The van der Waals surface area contributed by atoms with Crippen LogP contribution in [0.1, 0.15) is 27.4 Å². The van der Waals surface area contributed by atoms with Crippen LogP contribution in [0.2, 0.25) is 0 Å². The maximum atomic E-state index is 14.0. The summed E-state index contributed by atoms with van der Waals surface area (Å²) in [5.41, 5.74) is -0.729. The Morgan fingerprint density at radius 3 is 2.50 bits per heavy atom. The molecule has 28 heavy (non-hydrogen) atoms. The third-order valence-corrected chi connectivity index (χ3v) is 4.11. The predicted molar refractivity (Wildman–Crippen MR) is 94.1 cm³/mol. The van der Waals surface area contributed by atoms with Crippen molar-refractivity contribution in [1.29, 1.82) is 0 Å². The molecule has 1 heterocycles. The first-order valence-corrected chi connectivity index (χ1v) is 8.43. The van der Waals surface area contributed by atoms with Crippen molar-refractivity contribution in [2.75, 3.05) is 6.54 Å². The number of nitrogens with zero attached hydrogens (tertiary/aromatic N) is 1. The molecule has 0 spiro atoms. The van der Waals surface area contributed by atoms with Crippen molar-refractivity contribution in [3.8, 4) is 11.5 Å². The van der Waals surface area contributed by atoms with Crippen LogP contribution in [0.25, 0.3) is 11.5 Å². The van der Waals surface area contributed by atoms with Crippen molar-refractivity contribution >= 4 is 5.91 Å². The third-order valence-electron chi connectivity index (χ3n) is 4.11. The molecule has 1 N–H and O–H groups in total. The Morgan fingerprint density at radius 1 is 1.11 bits per heavy atom. The number of oxazole rings is 1. The molecule has 4 nitrogen and oxygen atoms in total. The van der Waals surface area contributed by atoms with E-state index in [1.54, 1.807) is 6.92 Å². The van der Waals surface area contributed by atoms with Gasteiger partial charge in [0.05, 0.1) is 16.8 Å². The lowest BCUT2D eigenvalue weighted by atomic mass is 10.1. The van der Waals surface area contributed by atoms with E-state index in [0.717, 1.165) is 17.7 Å². The highest BCUT2D eigenvalue weighted by Crippen LogP contribution is 2.32. The molecule has 3 aromatic rings. The number of rotatable bonds is 5. The van der Waals surface area contributed by atoms with Gasteiger partial charge < -0.3 is 9.73 Å². The van der Waals surface area contributed by atoms with Gasteiger partial charge in [-0.2, -0.15) is 13.2 Å². The van der Waals surface area contributed by atoms with Gasteiger partial charge in [0.2, 0.25) is 5.89 Å². The van der Waals surface area contributed by atoms with Crippen molar-refractivity contribution < 1.29 is 26.8 Å². The van der Waals surface area contributed by atoms with Crippen LogP contribution in [-0.2, 0) is 12.6 Å². The van der Waals surface area contributed by atoms with Gasteiger partial charge in [-0.1, -0.05) is 24.3 Å². The zero-order valence-electron chi connectivity index (χ0n) is 14.8. The molecule has 8 heteroatoms. The van der Waals surface area contributed by atoms with E-state index in [1.165, 1.54) is 0 Å². The molecule has 0 saturated carbocycles. The molecule has 1 aromatic heterocycles. The molecular weight excluding hydrogens is 376 g/mol. The van der Waals surface area contributed by atoms with E-state index < -0.39 is 29.0 Å². The average molecular weight is 392 g/mol. The molecule has 0 radical (unpaired) electrons. The lowest BCUT2D eigenvalue weighted by molar-refractivity contribution is -0.140. The number of hydrogen-bond acceptors (Lipinski definition) is 3. The molecule has 0 saturated heterocycles. The molecule has 0 aliphatic heterocycles. The highest BCUT2D eigenvalue weighted by atomic mass is 19.4. The van der Waals surface area contributed by atoms with Crippen molar-refractivity contribution in [3.05, 3.63) is 76.9 Å². The normalized spacial score (nSPS) is 11.5. The monoisotopic (exact) mass is 392 g/mol. The van der Waals surface area contributed by atoms with Gasteiger partial charge >= 0.3 is 6.18 Å². The number of alkyl halides is 3. The zero-order chi connectivity index (χ0) is 20.3. The number of carbonyl (C=O) groups excluding carboxylic acids is 1. The van der Waals surface area contributed by atoms with E-state index in [1.807, 2.05) is 30.3 Å².